The minimum atomic E-state index is -0.636. The molecule has 3 aromatic rings. The Morgan fingerprint density at radius 2 is 1.63 bits per heavy atom. The lowest BCUT2D eigenvalue weighted by molar-refractivity contribution is -0.138. The molecule has 0 aliphatic carbocycles. The quantitative estimate of drug-likeness (QED) is 0.342. The van der Waals surface area contributed by atoms with Gasteiger partial charge >= 0.3 is 0 Å². The van der Waals surface area contributed by atoms with Gasteiger partial charge in [0, 0.05) is 76.5 Å². The van der Waals surface area contributed by atoms with Gasteiger partial charge in [-0.25, -0.2) is 4.68 Å². The Morgan fingerprint density at radius 3 is 2.31 bits per heavy atom. The number of aromatic nitrogens is 2. The Hall–Kier alpha value is -4.23. The summed E-state index contributed by atoms with van der Waals surface area (Å²) in [6.45, 7) is 5.28. The molecule has 1 aromatic heterocycles. The summed E-state index contributed by atoms with van der Waals surface area (Å²) in [6, 6.07) is 16.2. The van der Waals surface area contributed by atoms with Crippen molar-refractivity contribution in [1.82, 2.24) is 24.9 Å². The fourth-order valence-corrected chi connectivity index (χ4v) is 8.66. The van der Waals surface area contributed by atoms with E-state index in [4.69, 9.17) is 4.74 Å². The third kappa shape index (κ3) is 7.84. The van der Waals surface area contributed by atoms with E-state index in [9.17, 15) is 19.2 Å². The van der Waals surface area contributed by atoms with Crippen LogP contribution < -0.4 is 25.8 Å². The van der Waals surface area contributed by atoms with Crippen molar-refractivity contribution in [2.75, 3.05) is 56.5 Å². The molecule has 13 heteroatoms. The smallest absolute Gasteiger partial charge is 0.282 e. The van der Waals surface area contributed by atoms with Crippen molar-refractivity contribution in [1.29, 1.82) is 0 Å². The Morgan fingerprint density at radius 1 is 0.941 bits per heavy atom. The van der Waals surface area contributed by atoms with E-state index in [-0.39, 0.29) is 34.7 Å². The highest BCUT2D eigenvalue weighted by Gasteiger charge is 2.39. The number of carbonyl (C=O) groups is 3. The molecule has 4 aliphatic heterocycles. The molecule has 3 atom stereocenters. The fraction of sp³-hybridized carbons (Fsp3) is 0.500. The van der Waals surface area contributed by atoms with Crippen molar-refractivity contribution in [3.8, 4) is 5.75 Å². The summed E-state index contributed by atoms with van der Waals surface area (Å²) >= 11 is 3.43. The maximum absolute atomic E-state index is 13.6. The number of halogens is 1. The molecular formula is C38H46BrN7O5. The van der Waals surface area contributed by atoms with Crippen LogP contribution in [0.15, 0.2) is 64.0 Å². The predicted octanol–water partition coefficient (Wildman–Crippen LogP) is 4.15. The van der Waals surface area contributed by atoms with Crippen LogP contribution in [-0.2, 0) is 16.6 Å². The lowest BCUT2D eigenvalue weighted by Gasteiger charge is -2.47. The molecule has 0 bridgehead atoms. The van der Waals surface area contributed by atoms with E-state index in [0.29, 0.717) is 34.7 Å². The number of likely N-dealkylation sites (tertiary alicyclic amines) is 2. The highest BCUT2D eigenvalue weighted by atomic mass is 79.9. The molecular weight excluding hydrogens is 714 g/mol. The number of benzene rings is 2. The van der Waals surface area contributed by atoms with Gasteiger partial charge in [-0.3, -0.25) is 24.5 Å². The topological polar surface area (TPSA) is 129 Å². The molecule has 12 nitrogen and oxygen atoms in total. The molecule has 0 radical (unpaired) electrons. The second kappa shape index (κ2) is 14.8. The van der Waals surface area contributed by atoms with E-state index in [1.165, 1.54) is 10.2 Å². The molecule has 5 heterocycles. The minimum Gasteiger partial charge on any atom is -0.481 e. The van der Waals surface area contributed by atoms with Gasteiger partial charge in [-0.1, -0.05) is 12.1 Å². The molecule has 4 saturated heterocycles. The Bertz CT molecular complexity index is 1810. The number of piperidine rings is 4. The Kier molecular flexibility index (Phi) is 10.2. The van der Waals surface area contributed by atoms with Crippen LogP contribution in [-0.4, -0.2) is 95.8 Å². The van der Waals surface area contributed by atoms with Crippen LogP contribution >= 0.6 is 15.9 Å². The van der Waals surface area contributed by atoms with Crippen molar-refractivity contribution in [2.45, 2.75) is 63.0 Å². The standard InChI is InChI=1S/C38H46BrN7O5/c1-43-23-27(21-28(24-43)41-31-22-40-44(2)37(50)34(31)39)25-3-5-26(6-4-25)36(49)46-19-15-38(16-20-46)13-17-45(18-14-38)29-7-9-30(10-8-29)51-32-11-12-33(47)42-35(32)48/h3-10,22,27-28,32,41H,11-21,23-24H2,1-2H3,(H,42,47,48)/t27-,28+,32?/m1/s1. The summed E-state index contributed by atoms with van der Waals surface area (Å²) in [7, 11) is 3.75. The lowest BCUT2D eigenvalue weighted by Crippen LogP contribution is -2.48. The van der Waals surface area contributed by atoms with Crippen molar-refractivity contribution in [2.24, 2.45) is 12.5 Å². The van der Waals surface area contributed by atoms with Crippen LogP contribution in [0.5, 0.6) is 5.75 Å². The van der Waals surface area contributed by atoms with Crippen LogP contribution in [0.2, 0.25) is 0 Å². The average Bonchev–Trinajstić information content (AvgIpc) is 3.14. The lowest BCUT2D eigenvalue weighted by atomic mass is 9.71. The number of amides is 3. The molecule has 4 aliphatic rings. The summed E-state index contributed by atoms with van der Waals surface area (Å²) < 4.78 is 7.65. The number of nitrogens with one attached hydrogen (secondary N) is 2. The number of hydrogen-bond acceptors (Lipinski definition) is 9. The number of nitrogens with zero attached hydrogens (tertiary/aromatic N) is 5. The molecule has 0 saturated carbocycles. The van der Waals surface area contributed by atoms with Gasteiger partial charge < -0.3 is 24.8 Å². The molecule has 3 amide bonds. The first-order chi connectivity index (χ1) is 24.6. The number of ether oxygens (including phenoxy) is 1. The summed E-state index contributed by atoms with van der Waals surface area (Å²) in [4.78, 5) is 56.1. The second-order valence-electron chi connectivity index (χ2n) is 14.7. The normalized spacial score (nSPS) is 23.9. The van der Waals surface area contributed by atoms with Crippen molar-refractivity contribution in [3.63, 3.8) is 0 Å². The number of rotatable bonds is 7. The highest BCUT2D eigenvalue weighted by molar-refractivity contribution is 9.10. The van der Waals surface area contributed by atoms with Gasteiger partial charge in [0.15, 0.2) is 6.10 Å². The second-order valence-corrected chi connectivity index (χ2v) is 15.5. The van der Waals surface area contributed by atoms with Crippen molar-refractivity contribution >= 4 is 45.0 Å². The van der Waals surface area contributed by atoms with E-state index >= 15 is 0 Å². The minimum absolute atomic E-state index is 0.108. The summed E-state index contributed by atoms with van der Waals surface area (Å²) in [6.07, 6.45) is 6.88. The highest BCUT2D eigenvalue weighted by Crippen LogP contribution is 2.42. The number of imide groups is 1. The van der Waals surface area contributed by atoms with Gasteiger partial charge in [0.1, 0.15) is 10.2 Å². The number of anilines is 2. The molecule has 51 heavy (non-hydrogen) atoms. The zero-order valence-corrected chi connectivity index (χ0v) is 30.9. The first-order valence-electron chi connectivity index (χ1n) is 18.0. The van der Waals surface area contributed by atoms with E-state index in [1.54, 1.807) is 13.2 Å². The van der Waals surface area contributed by atoms with Gasteiger partial charge in [0.05, 0.1) is 11.9 Å². The van der Waals surface area contributed by atoms with Crippen molar-refractivity contribution in [3.05, 3.63) is 80.7 Å². The summed E-state index contributed by atoms with van der Waals surface area (Å²) in [5, 5.41) is 10.0. The maximum atomic E-state index is 13.6. The Labute approximate surface area is 306 Å². The third-order valence-electron chi connectivity index (χ3n) is 11.3. The predicted molar refractivity (Wildman–Crippen MR) is 198 cm³/mol. The molecule has 2 aromatic carbocycles. The van der Waals surface area contributed by atoms with Gasteiger partial charge in [-0.2, -0.15) is 5.10 Å². The number of aryl methyl sites for hydroxylation is 1. The molecule has 4 fully saturated rings. The first-order valence-corrected chi connectivity index (χ1v) is 18.8. The van der Waals surface area contributed by atoms with Crippen LogP contribution in [0.1, 0.15) is 66.8 Å². The summed E-state index contributed by atoms with van der Waals surface area (Å²) in [5.41, 5.74) is 3.89. The molecule has 1 unspecified atom stereocenters. The zero-order valence-electron chi connectivity index (χ0n) is 29.3. The van der Waals surface area contributed by atoms with Gasteiger partial charge in [0.25, 0.3) is 17.4 Å². The Balaban J connectivity index is 0.887. The summed E-state index contributed by atoms with van der Waals surface area (Å²) in [5.74, 6) is 0.410. The van der Waals surface area contributed by atoms with Crippen LogP contribution in [0.25, 0.3) is 0 Å². The molecule has 270 valence electrons. The van der Waals surface area contributed by atoms with Gasteiger partial charge in [-0.15, -0.1) is 0 Å². The van der Waals surface area contributed by atoms with Crippen LogP contribution in [0.4, 0.5) is 11.4 Å². The number of carbonyl (C=O) groups excluding carboxylic acids is 3. The molecule has 7 rings (SSSR count). The van der Waals surface area contributed by atoms with Crippen LogP contribution in [0.3, 0.4) is 0 Å². The monoisotopic (exact) mass is 759 g/mol. The SMILES string of the molecule is CN1C[C@@H](Nc2cnn(C)c(=O)c2Br)C[C@@H](c2ccc(C(=O)N3CCC4(CC3)CCN(c3ccc(OC5CCC(=O)NC5=O)cc3)CC4)cc2)C1. The average molecular weight is 761 g/mol. The number of likely N-dealkylation sites (N-methyl/N-ethyl adjacent to an activating group) is 1. The van der Waals surface area contributed by atoms with E-state index in [2.05, 4.69) is 60.6 Å². The largest absolute Gasteiger partial charge is 0.481 e. The third-order valence-corrected chi connectivity index (χ3v) is 12.1. The fourth-order valence-electron chi connectivity index (χ4n) is 8.19. The zero-order chi connectivity index (χ0) is 35.7. The number of hydrogen-bond donors (Lipinski definition) is 2. The molecule has 1 spiro atoms. The van der Waals surface area contributed by atoms with Gasteiger partial charge in [0.2, 0.25) is 5.91 Å². The van der Waals surface area contributed by atoms with Gasteiger partial charge in [-0.05, 0) is 108 Å². The van der Waals surface area contributed by atoms with E-state index in [1.807, 2.05) is 41.3 Å². The maximum Gasteiger partial charge on any atom is 0.282 e. The van der Waals surface area contributed by atoms with Crippen LogP contribution in [0, 0.1) is 5.41 Å². The molecule has 2 N–H and O–H groups in total. The first kappa shape index (κ1) is 35.2. The van der Waals surface area contributed by atoms with E-state index in [0.717, 1.165) is 82.6 Å². The van der Waals surface area contributed by atoms with Crippen molar-refractivity contribution < 1.29 is 19.1 Å². The van der Waals surface area contributed by atoms with E-state index < -0.39 is 6.10 Å².